The molecule has 71 heavy (non-hydrogen) atoms. The molecular formula is C53H61Cl2N7O6S3. The lowest BCUT2D eigenvalue weighted by molar-refractivity contribution is -0.00556. The summed E-state index contributed by atoms with van der Waals surface area (Å²) in [5.74, 6) is 0.467. The first-order chi connectivity index (χ1) is 33.8. The molecule has 1 atom stereocenters. The number of carbonyl (C=O) groups is 1. The first-order valence-corrected chi connectivity index (χ1v) is 28.7. The third kappa shape index (κ3) is 12.4. The molecule has 0 saturated carbocycles. The molecule has 6 aromatic rings. The maximum atomic E-state index is 13.9. The SMILES string of the molecule is CNC(=O)c1c(-c2ccc(Cl)c(N3CCN(c4ccc(NS(=O)(=O)c5ccc(N[C@@H](CCN6CCC(C)(O)CC6)CSc6ccccc6)c(S(C)(=O)=O)c5)cc4)CC3)c2)c(-c2ccc(Cl)cc2)n(C)c1C. The van der Waals surface area contributed by atoms with Crippen LogP contribution in [0.5, 0.6) is 0 Å². The summed E-state index contributed by atoms with van der Waals surface area (Å²) in [5, 5.41) is 18.0. The predicted octanol–water partition coefficient (Wildman–Crippen LogP) is 9.67. The molecule has 0 unspecified atom stereocenters. The highest BCUT2D eigenvalue weighted by molar-refractivity contribution is 7.99. The smallest absolute Gasteiger partial charge is 0.261 e. The standard InChI is InChI=1S/C53H61Cl2N7O6S3/c1-36-49(52(63)56-3)50(51(59(36)4)37-11-14-39(54)15-12-37)38-13-21-45(55)47(33-38)62-31-29-61(30-32-62)42-18-16-40(17-19-42)58-71(67,68)44-20-22-46(48(34-44)70(5,65)66)57-41(35-69-43-9-7-6-8-10-43)23-26-60-27-24-53(2,64)25-28-60/h6-22,33-34,41,57-58,64H,23-32,35H2,1-5H3,(H,56,63)/t41-/m0/s1. The number of hydrogen-bond donors (Lipinski definition) is 4. The Morgan fingerprint density at radius 2 is 1.46 bits per heavy atom. The van der Waals surface area contributed by atoms with E-state index in [0.29, 0.717) is 78.2 Å². The number of aliphatic hydroxyl groups is 1. The van der Waals surface area contributed by atoms with Crippen molar-refractivity contribution in [3.05, 3.63) is 137 Å². The van der Waals surface area contributed by atoms with Crippen LogP contribution in [0.1, 0.15) is 42.2 Å². The first kappa shape index (κ1) is 52.1. The van der Waals surface area contributed by atoms with E-state index in [4.69, 9.17) is 23.2 Å². The van der Waals surface area contributed by atoms with Crippen molar-refractivity contribution in [2.45, 2.75) is 59.4 Å². The van der Waals surface area contributed by atoms with Crippen molar-refractivity contribution >= 4 is 83.5 Å². The van der Waals surface area contributed by atoms with Gasteiger partial charge in [-0.3, -0.25) is 9.52 Å². The number of sulfonamides is 1. The number of hydrogen-bond acceptors (Lipinski definition) is 11. The Kier molecular flexibility index (Phi) is 16.1. The fourth-order valence-electron chi connectivity index (χ4n) is 9.33. The van der Waals surface area contributed by atoms with Crippen molar-refractivity contribution in [1.29, 1.82) is 0 Å². The van der Waals surface area contributed by atoms with Crippen molar-refractivity contribution in [2.24, 2.45) is 7.05 Å². The van der Waals surface area contributed by atoms with Gasteiger partial charge in [-0.05, 0) is 123 Å². The van der Waals surface area contributed by atoms with Gasteiger partial charge < -0.3 is 35.0 Å². The average Bonchev–Trinajstić information content (AvgIpc) is 3.61. The summed E-state index contributed by atoms with van der Waals surface area (Å²) in [7, 11) is -4.47. The molecular weight excluding hydrogens is 998 g/mol. The van der Waals surface area contributed by atoms with E-state index in [0.717, 1.165) is 70.2 Å². The van der Waals surface area contributed by atoms with Gasteiger partial charge in [0.05, 0.1) is 43.0 Å². The summed E-state index contributed by atoms with van der Waals surface area (Å²) in [5.41, 5.74) is 6.67. The van der Waals surface area contributed by atoms with Gasteiger partial charge in [0.2, 0.25) is 0 Å². The lowest BCUT2D eigenvalue weighted by atomic mass is 9.94. The topological polar surface area (TPSA) is 156 Å². The maximum Gasteiger partial charge on any atom is 0.261 e. The summed E-state index contributed by atoms with van der Waals surface area (Å²) in [4.78, 5) is 21.0. The molecule has 1 aromatic heterocycles. The zero-order valence-electron chi connectivity index (χ0n) is 40.6. The average molecular weight is 1060 g/mol. The summed E-state index contributed by atoms with van der Waals surface area (Å²) in [6, 6.07) is 34.7. The largest absolute Gasteiger partial charge is 0.390 e. The number of piperazine rings is 1. The van der Waals surface area contributed by atoms with Gasteiger partial charge in [-0.2, -0.15) is 0 Å². The number of carbonyl (C=O) groups excluding carboxylic acids is 1. The van der Waals surface area contributed by atoms with E-state index in [1.54, 1.807) is 37.0 Å². The zero-order valence-corrected chi connectivity index (χ0v) is 44.5. The van der Waals surface area contributed by atoms with E-state index < -0.39 is 25.5 Å². The Morgan fingerprint density at radius 1 is 0.817 bits per heavy atom. The summed E-state index contributed by atoms with van der Waals surface area (Å²) < 4.78 is 59.0. The molecule has 1 amide bonds. The summed E-state index contributed by atoms with van der Waals surface area (Å²) in [6.07, 6.45) is 3.18. The molecule has 2 saturated heterocycles. The molecule has 2 aliphatic rings. The molecule has 0 spiro atoms. The van der Waals surface area contributed by atoms with Crippen molar-refractivity contribution in [2.75, 3.05) is 84.7 Å². The molecule has 3 heterocycles. The summed E-state index contributed by atoms with van der Waals surface area (Å²) in [6.45, 7) is 8.76. The monoisotopic (exact) mass is 1060 g/mol. The fraction of sp³-hybridized carbons (Fsp3) is 0.340. The lowest BCUT2D eigenvalue weighted by Gasteiger charge is -2.38. The Morgan fingerprint density at radius 3 is 2.11 bits per heavy atom. The zero-order chi connectivity index (χ0) is 50.7. The van der Waals surface area contributed by atoms with Gasteiger partial charge >= 0.3 is 0 Å². The van der Waals surface area contributed by atoms with Gasteiger partial charge in [0.25, 0.3) is 15.9 Å². The van der Waals surface area contributed by atoms with Crippen LogP contribution >= 0.6 is 35.0 Å². The number of nitrogens with zero attached hydrogens (tertiary/aromatic N) is 4. The quantitative estimate of drug-likeness (QED) is 0.0646. The summed E-state index contributed by atoms with van der Waals surface area (Å²) >= 11 is 14.8. The number of likely N-dealkylation sites (tertiary alicyclic amines) is 1. The van der Waals surface area contributed by atoms with E-state index in [2.05, 4.69) is 36.1 Å². The van der Waals surface area contributed by atoms with Gasteiger partial charge in [0.1, 0.15) is 0 Å². The number of thioether (sulfide) groups is 1. The molecule has 376 valence electrons. The number of aromatic nitrogens is 1. The highest BCUT2D eigenvalue weighted by atomic mass is 35.5. The molecule has 0 radical (unpaired) electrons. The van der Waals surface area contributed by atoms with Crippen molar-refractivity contribution in [3.63, 3.8) is 0 Å². The molecule has 0 bridgehead atoms. The molecule has 2 aliphatic heterocycles. The number of anilines is 4. The minimum absolute atomic E-state index is 0.0990. The second-order valence-corrected chi connectivity index (χ2v) is 24.2. The lowest BCUT2D eigenvalue weighted by Crippen LogP contribution is -2.46. The van der Waals surface area contributed by atoms with E-state index >= 15 is 0 Å². The minimum Gasteiger partial charge on any atom is -0.390 e. The number of sulfone groups is 1. The first-order valence-electron chi connectivity index (χ1n) is 23.6. The van der Waals surface area contributed by atoms with Crippen molar-refractivity contribution in [1.82, 2.24) is 14.8 Å². The third-order valence-corrected chi connectivity index (χ3v) is 17.8. The highest BCUT2D eigenvalue weighted by Gasteiger charge is 2.30. The van der Waals surface area contributed by atoms with Crippen LogP contribution in [0.2, 0.25) is 10.0 Å². The Bertz CT molecular complexity index is 3080. The molecule has 2 fully saturated rings. The van der Waals surface area contributed by atoms with Gasteiger partial charge in [-0.25, -0.2) is 16.8 Å². The van der Waals surface area contributed by atoms with Crippen LogP contribution in [-0.2, 0) is 26.9 Å². The number of halogens is 2. The van der Waals surface area contributed by atoms with Crippen LogP contribution in [0.4, 0.5) is 22.7 Å². The Hall–Kier alpha value is -5.20. The number of rotatable bonds is 17. The van der Waals surface area contributed by atoms with Crippen LogP contribution in [-0.4, -0.2) is 114 Å². The molecule has 4 N–H and O–H groups in total. The van der Waals surface area contributed by atoms with E-state index in [1.165, 1.54) is 12.1 Å². The number of amides is 1. The minimum atomic E-state index is -4.19. The van der Waals surface area contributed by atoms with Crippen LogP contribution < -0.4 is 25.2 Å². The third-order valence-electron chi connectivity index (χ3n) is 13.5. The molecule has 13 nitrogen and oxygen atoms in total. The molecule has 18 heteroatoms. The Balaban J connectivity index is 0.944. The second-order valence-electron chi connectivity index (χ2n) is 18.6. The van der Waals surface area contributed by atoms with Crippen LogP contribution in [0.25, 0.3) is 22.4 Å². The number of piperidine rings is 1. The fourth-order valence-corrected chi connectivity index (χ4v) is 12.7. The van der Waals surface area contributed by atoms with E-state index in [9.17, 15) is 26.7 Å². The molecule has 0 aliphatic carbocycles. The highest BCUT2D eigenvalue weighted by Crippen LogP contribution is 2.42. The molecule has 8 rings (SSSR count). The number of nitrogens with one attached hydrogen (secondary N) is 3. The van der Waals surface area contributed by atoms with Crippen molar-refractivity contribution in [3.8, 4) is 22.4 Å². The van der Waals surface area contributed by atoms with E-state index in [-0.39, 0.29) is 21.7 Å². The van der Waals surface area contributed by atoms with Crippen molar-refractivity contribution < 1.29 is 26.7 Å². The van der Waals surface area contributed by atoms with Gasteiger partial charge in [-0.15, -0.1) is 11.8 Å². The van der Waals surface area contributed by atoms with Crippen LogP contribution in [0.3, 0.4) is 0 Å². The van der Waals surface area contributed by atoms with E-state index in [1.807, 2.05) is 104 Å². The van der Waals surface area contributed by atoms with Gasteiger partial charge in [-0.1, -0.05) is 59.6 Å². The van der Waals surface area contributed by atoms with Crippen LogP contribution in [0, 0.1) is 6.92 Å². The second kappa shape index (κ2) is 21.9. The normalized spacial score (nSPS) is 15.9. The number of benzene rings is 5. The predicted molar refractivity (Wildman–Crippen MR) is 291 cm³/mol. The molecule has 5 aromatic carbocycles. The Labute approximate surface area is 432 Å². The maximum absolute atomic E-state index is 13.9. The van der Waals surface area contributed by atoms with Gasteiger partial charge in [0.15, 0.2) is 9.84 Å². The van der Waals surface area contributed by atoms with Gasteiger partial charge in [0, 0.05) is 111 Å². The van der Waals surface area contributed by atoms with Crippen LogP contribution in [0.15, 0.2) is 130 Å².